The number of carbonyl (C=O) groups excluding carboxylic acids is 1. The third-order valence-electron chi connectivity index (χ3n) is 3.03. The second-order valence-electron chi connectivity index (χ2n) is 4.81. The molecule has 0 fully saturated rings. The monoisotopic (exact) mass is 426 g/mol. The second kappa shape index (κ2) is 11.1. The summed E-state index contributed by atoms with van der Waals surface area (Å²) in [5, 5.41) is 20.2. The van der Waals surface area contributed by atoms with E-state index in [-0.39, 0.29) is 70.2 Å². The summed E-state index contributed by atoms with van der Waals surface area (Å²) in [5.74, 6) is -5.06. The molecule has 0 aliphatic carbocycles. The van der Waals surface area contributed by atoms with Crippen LogP contribution in [0.3, 0.4) is 0 Å². The third-order valence-corrected chi connectivity index (χ3v) is 4.45. The number of aromatic carboxylic acids is 2. The molecule has 0 bridgehead atoms. The Morgan fingerprint density at radius 3 is 1.73 bits per heavy atom. The average molecular weight is 426 g/mol. The molecule has 0 saturated heterocycles. The summed E-state index contributed by atoms with van der Waals surface area (Å²) in [7, 11) is -9.07. The first-order valence-electron chi connectivity index (χ1n) is 6.29. The Hall–Kier alpha value is -0.0200. The maximum absolute atomic E-state index is 11.2. The van der Waals surface area contributed by atoms with Gasteiger partial charge in [-0.15, -0.1) is 0 Å². The summed E-state index contributed by atoms with van der Waals surface area (Å²) in [6, 6.07) is 1.68. The van der Waals surface area contributed by atoms with E-state index in [0.29, 0.717) is 0 Å². The molecule has 26 heavy (non-hydrogen) atoms. The maximum atomic E-state index is 11.2. The SMILES string of the molecule is O=C([O-])c1cc(CCS(=O)(=O)O)c(C(=O)O)cc1CCS(=O)(=O)[O-].[Na+].[Na+]. The molecule has 1 aromatic rings. The van der Waals surface area contributed by atoms with E-state index in [9.17, 15) is 36.1 Å². The Labute approximate surface area is 194 Å². The second-order valence-corrected chi connectivity index (χ2v) is 7.90. The van der Waals surface area contributed by atoms with Gasteiger partial charge in [-0.05, 0) is 36.1 Å². The number of carbonyl (C=O) groups is 2. The topological polar surface area (TPSA) is 189 Å². The van der Waals surface area contributed by atoms with Crippen LogP contribution >= 0.6 is 0 Å². The molecule has 1 aromatic carbocycles. The molecule has 0 aliphatic rings. The van der Waals surface area contributed by atoms with Gasteiger partial charge in [0.25, 0.3) is 10.1 Å². The molecule has 0 radical (unpaired) electrons. The van der Waals surface area contributed by atoms with Gasteiger partial charge in [0, 0.05) is 11.3 Å². The van der Waals surface area contributed by atoms with Gasteiger partial charge in [-0.3, -0.25) is 4.55 Å². The zero-order valence-corrected chi connectivity index (χ0v) is 19.6. The van der Waals surface area contributed by atoms with Gasteiger partial charge in [0.2, 0.25) is 0 Å². The fraction of sp³-hybridized carbons (Fsp3) is 0.333. The molecule has 0 atom stereocenters. The van der Waals surface area contributed by atoms with Crippen LogP contribution in [0.15, 0.2) is 12.1 Å². The van der Waals surface area contributed by atoms with E-state index in [0.717, 1.165) is 12.1 Å². The molecule has 0 heterocycles. The number of benzene rings is 1. The van der Waals surface area contributed by atoms with Crippen LogP contribution in [0.4, 0.5) is 0 Å². The largest absolute Gasteiger partial charge is 1.00 e. The van der Waals surface area contributed by atoms with Crippen molar-refractivity contribution in [2.75, 3.05) is 11.5 Å². The van der Waals surface area contributed by atoms with Crippen molar-refractivity contribution < 1.29 is 105 Å². The summed E-state index contributed by atoms with van der Waals surface area (Å²) in [6.07, 6.45) is -1.03. The zero-order valence-electron chi connectivity index (χ0n) is 14.0. The number of hydrogen-bond donors (Lipinski definition) is 2. The summed E-state index contributed by atoms with van der Waals surface area (Å²) in [5.41, 5.74) is -1.48. The van der Waals surface area contributed by atoms with Gasteiger partial charge in [0.15, 0.2) is 0 Å². The molecule has 0 spiro atoms. The van der Waals surface area contributed by atoms with E-state index in [2.05, 4.69) is 0 Å². The van der Waals surface area contributed by atoms with Crippen LogP contribution in [-0.2, 0) is 33.1 Å². The van der Waals surface area contributed by atoms with Gasteiger partial charge in [-0.2, -0.15) is 8.42 Å². The summed E-state index contributed by atoms with van der Waals surface area (Å²) in [6.45, 7) is 0. The summed E-state index contributed by atoms with van der Waals surface area (Å²) >= 11 is 0. The molecule has 0 amide bonds. The Morgan fingerprint density at radius 1 is 0.923 bits per heavy atom. The Bertz CT molecular complexity index is 804. The van der Waals surface area contributed by atoms with Gasteiger partial charge in [0.1, 0.15) is 0 Å². The van der Waals surface area contributed by atoms with Crippen LogP contribution < -0.4 is 64.2 Å². The fourth-order valence-electron chi connectivity index (χ4n) is 1.97. The van der Waals surface area contributed by atoms with Gasteiger partial charge in [0.05, 0.1) is 27.4 Å². The maximum Gasteiger partial charge on any atom is 1.00 e. The van der Waals surface area contributed by atoms with Crippen molar-refractivity contribution in [2.45, 2.75) is 12.8 Å². The molecule has 134 valence electrons. The Morgan fingerprint density at radius 2 is 1.35 bits per heavy atom. The molecule has 1 rings (SSSR count). The minimum absolute atomic E-state index is 0. The standard InChI is InChI=1S/C12H14O10S2.2Na/c13-11(14)9-6-8(2-4-24(20,21)22)10(12(15)16)5-7(9)1-3-23(17,18)19;;/h5-6H,1-4H2,(H,13,14)(H,15,16)(H,17,18,19)(H,20,21,22);;/q;2*+1/p-2. The van der Waals surface area contributed by atoms with Crippen LogP contribution in [-0.4, -0.2) is 54.5 Å². The molecule has 0 saturated carbocycles. The predicted octanol–water partition coefficient (Wildman–Crippen LogP) is -7.73. The third kappa shape index (κ3) is 9.78. The van der Waals surface area contributed by atoms with Crippen molar-refractivity contribution in [3.8, 4) is 0 Å². The Kier molecular flexibility index (Phi) is 12.0. The quantitative estimate of drug-likeness (QED) is 0.298. The smallest absolute Gasteiger partial charge is 0.748 e. The van der Waals surface area contributed by atoms with Crippen molar-refractivity contribution in [3.63, 3.8) is 0 Å². The molecule has 2 N–H and O–H groups in total. The number of aryl methyl sites for hydroxylation is 2. The summed E-state index contributed by atoms with van der Waals surface area (Å²) in [4.78, 5) is 22.4. The van der Waals surface area contributed by atoms with E-state index >= 15 is 0 Å². The minimum Gasteiger partial charge on any atom is -0.748 e. The van der Waals surface area contributed by atoms with E-state index in [1.165, 1.54) is 0 Å². The first-order chi connectivity index (χ1) is 10.8. The van der Waals surface area contributed by atoms with E-state index in [4.69, 9.17) is 9.66 Å². The van der Waals surface area contributed by atoms with E-state index in [1.807, 2.05) is 0 Å². The molecular weight excluding hydrogens is 414 g/mol. The Balaban J connectivity index is 0. The minimum atomic E-state index is -4.66. The van der Waals surface area contributed by atoms with Crippen LogP contribution in [0.2, 0.25) is 0 Å². The normalized spacial score (nSPS) is 11.2. The predicted molar refractivity (Wildman–Crippen MR) is 76.1 cm³/mol. The zero-order chi connectivity index (χ0) is 18.7. The molecule has 14 heteroatoms. The number of hydrogen-bond acceptors (Lipinski definition) is 8. The van der Waals surface area contributed by atoms with Crippen molar-refractivity contribution in [2.24, 2.45) is 0 Å². The van der Waals surface area contributed by atoms with Crippen LogP contribution in [0.5, 0.6) is 0 Å². The van der Waals surface area contributed by atoms with Crippen LogP contribution in [0.25, 0.3) is 0 Å². The fourth-order valence-corrected chi connectivity index (χ4v) is 2.91. The van der Waals surface area contributed by atoms with Gasteiger partial charge >= 0.3 is 65.1 Å². The average Bonchev–Trinajstić information content (AvgIpc) is 2.40. The first kappa shape index (κ1) is 28.2. The molecule has 10 nitrogen and oxygen atoms in total. The van der Waals surface area contributed by atoms with Crippen molar-refractivity contribution >= 4 is 32.2 Å². The van der Waals surface area contributed by atoms with Gasteiger partial charge in [-0.1, -0.05) is 0 Å². The van der Waals surface area contributed by atoms with Crippen molar-refractivity contribution in [3.05, 3.63) is 34.4 Å². The first-order valence-corrected chi connectivity index (χ1v) is 9.48. The van der Waals surface area contributed by atoms with Crippen molar-refractivity contribution in [1.29, 1.82) is 0 Å². The van der Waals surface area contributed by atoms with Gasteiger partial charge < -0.3 is 19.6 Å². The van der Waals surface area contributed by atoms with Crippen LogP contribution in [0, 0.1) is 0 Å². The van der Waals surface area contributed by atoms with E-state index in [1.54, 1.807) is 0 Å². The van der Waals surface area contributed by atoms with Gasteiger partial charge in [-0.25, -0.2) is 13.2 Å². The number of carboxylic acids is 2. The van der Waals surface area contributed by atoms with Crippen molar-refractivity contribution in [1.82, 2.24) is 0 Å². The molecule has 0 aliphatic heterocycles. The van der Waals surface area contributed by atoms with Crippen LogP contribution in [0.1, 0.15) is 31.8 Å². The number of carboxylic acid groups (broad SMARTS) is 2. The molecule has 0 unspecified atom stereocenters. The molecule has 0 aromatic heterocycles. The number of rotatable bonds is 8. The molecular formula is C12H12Na2O10S2. The van der Waals surface area contributed by atoms with E-state index < -0.39 is 67.6 Å². The summed E-state index contributed by atoms with van der Waals surface area (Å²) < 4.78 is 62.2.